The molecule has 1 aliphatic heterocycles. The van der Waals surface area contributed by atoms with Crippen LogP contribution in [0.25, 0.3) is 0 Å². The van der Waals surface area contributed by atoms with Crippen molar-refractivity contribution >= 4 is 33.0 Å². The number of aryl methyl sites for hydroxylation is 1. The highest BCUT2D eigenvalue weighted by molar-refractivity contribution is 7.92. The monoisotopic (exact) mass is 436 g/mol. The predicted octanol–water partition coefficient (Wildman–Crippen LogP) is 2.91. The minimum absolute atomic E-state index is 0.00296. The largest absolute Gasteiger partial charge is 0.349 e. The lowest BCUT2D eigenvalue weighted by Gasteiger charge is -2.31. The van der Waals surface area contributed by atoms with Gasteiger partial charge in [-0.3, -0.25) is 14.4 Å². The van der Waals surface area contributed by atoms with E-state index in [2.05, 4.69) is 25.3 Å². The molecule has 1 fully saturated rings. The second kappa shape index (κ2) is 9.23. The number of hydrogen-bond donors (Lipinski definition) is 2. The van der Waals surface area contributed by atoms with Crippen LogP contribution in [0.5, 0.6) is 0 Å². The van der Waals surface area contributed by atoms with Crippen molar-refractivity contribution in [3.05, 3.63) is 45.9 Å². The van der Waals surface area contributed by atoms with E-state index in [4.69, 9.17) is 0 Å². The number of nitrogens with zero attached hydrogens (tertiary/aromatic N) is 2. The van der Waals surface area contributed by atoms with Crippen LogP contribution in [-0.4, -0.2) is 43.6 Å². The Kier molecular flexibility index (Phi) is 6.92. The maximum Gasteiger partial charge on any atom is 0.229 e. The lowest BCUT2D eigenvalue weighted by atomic mass is 9.95. The molecule has 158 valence electrons. The van der Waals surface area contributed by atoms with Gasteiger partial charge in [-0.15, -0.1) is 11.3 Å². The summed E-state index contributed by atoms with van der Waals surface area (Å²) in [5.41, 5.74) is 2.46. The van der Waals surface area contributed by atoms with Crippen LogP contribution in [0.1, 0.15) is 42.1 Å². The van der Waals surface area contributed by atoms with E-state index in [9.17, 15) is 13.2 Å². The number of nitrogens with one attached hydrogen (secondary N) is 2. The third kappa shape index (κ3) is 6.52. The Balaban J connectivity index is 1.51. The van der Waals surface area contributed by atoms with Gasteiger partial charge in [0.2, 0.25) is 15.9 Å². The quantitative estimate of drug-likeness (QED) is 0.696. The van der Waals surface area contributed by atoms with Gasteiger partial charge in [-0.25, -0.2) is 13.4 Å². The number of sulfonamides is 1. The summed E-state index contributed by atoms with van der Waals surface area (Å²) in [6.45, 7) is 6.54. The fourth-order valence-electron chi connectivity index (χ4n) is 3.56. The van der Waals surface area contributed by atoms with Crippen molar-refractivity contribution in [1.29, 1.82) is 0 Å². The smallest absolute Gasteiger partial charge is 0.229 e. The molecule has 0 saturated carbocycles. The molecule has 1 aliphatic rings. The maximum atomic E-state index is 12.7. The molecule has 1 saturated heterocycles. The summed E-state index contributed by atoms with van der Waals surface area (Å²) in [7, 11) is -3.33. The first-order chi connectivity index (χ1) is 13.7. The van der Waals surface area contributed by atoms with E-state index < -0.39 is 10.0 Å². The molecule has 2 aromatic rings. The molecule has 1 aromatic carbocycles. The zero-order valence-corrected chi connectivity index (χ0v) is 18.6. The molecule has 1 unspecified atom stereocenters. The molecule has 1 amide bonds. The van der Waals surface area contributed by atoms with E-state index in [0.29, 0.717) is 5.69 Å². The van der Waals surface area contributed by atoms with Gasteiger partial charge in [0, 0.05) is 23.5 Å². The van der Waals surface area contributed by atoms with E-state index in [1.807, 2.05) is 19.9 Å². The van der Waals surface area contributed by atoms with Gasteiger partial charge in [0.25, 0.3) is 0 Å². The molecule has 0 aliphatic carbocycles. The molecule has 0 bridgehead atoms. The fourth-order valence-corrected chi connectivity index (χ4v) is 4.72. The highest BCUT2D eigenvalue weighted by Gasteiger charge is 2.26. The number of hydrogen-bond acceptors (Lipinski definition) is 6. The van der Waals surface area contributed by atoms with Crippen LogP contribution in [0.2, 0.25) is 0 Å². The Morgan fingerprint density at radius 2 is 2.07 bits per heavy atom. The van der Waals surface area contributed by atoms with Crippen LogP contribution in [0.4, 0.5) is 5.69 Å². The van der Waals surface area contributed by atoms with E-state index in [0.717, 1.165) is 55.0 Å². The number of benzene rings is 1. The average Bonchev–Trinajstić information content (AvgIpc) is 3.05. The zero-order valence-electron chi connectivity index (χ0n) is 17.0. The van der Waals surface area contributed by atoms with Gasteiger partial charge in [-0.05, 0) is 57.5 Å². The van der Waals surface area contributed by atoms with Crippen LogP contribution in [0.3, 0.4) is 0 Å². The van der Waals surface area contributed by atoms with Gasteiger partial charge in [0.1, 0.15) is 0 Å². The van der Waals surface area contributed by atoms with Crippen molar-refractivity contribution in [3.63, 3.8) is 0 Å². The lowest BCUT2D eigenvalue weighted by molar-refractivity contribution is -0.127. The topological polar surface area (TPSA) is 91.4 Å². The Bertz CT molecular complexity index is 950. The van der Waals surface area contributed by atoms with Crippen molar-refractivity contribution in [1.82, 2.24) is 15.2 Å². The fraction of sp³-hybridized carbons (Fsp3) is 0.500. The van der Waals surface area contributed by atoms with E-state index in [1.54, 1.807) is 29.5 Å². The van der Waals surface area contributed by atoms with Crippen molar-refractivity contribution < 1.29 is 13.2 Å². The number of thiazole rings is 1. The Morgan fingerprint density at radius 1 is 1.34 bits per heavy atom. The van der Waals surface area contributed by atoms with Crippen molar-refractivity contribution in [2.75, 3.05) is 24.1 Å². The van der Waals surface area contributed by atoms with Crippen LogP contribution in [0, 0.1) is 12.8 Å². The molecule has 3 rings (SSSR count). The Morgan fingerprint density at radius 3 is 2.69 bits per heavy atom. The number of rotatable bonds is 7. The zero-order chi connectivity index (χ0) is 21.0. The summed E-state index contributed by atoms with van der Waals surface area (Å²) >= 11 is 1.67. The molecule has 1 atom stereocenters. The number of aromatic nitrogens is 1. The molecule has 0 spiro atoms. The minimum Gasteiger partial charge on any atom is -0.349 e. The number of likely N-dealkylation sites (tertiary alicyclic amines) is 1. The summed E-state index contributed by atoms with van der Waals surface area (Å²) < 4.78 is 25.3. The molecular weight excluding hydrogens is 408 g/mol. The number of anilines is 1. The number of carbonyl (C=O) groups excluding carboxylic acids is 1. The van der Waals surface area contributed by atoms with E-state index in [1.165, 1.54) is 0 Å². The first-order valence-corrected chi connectivity index (χ1v) is 12.5. The van der Waals surface area contributed by atoms with Gasteiger partial charge in [0.05, 0.1) is 23.0 Å². The van der Waals surface area contributed by atoms with Crippen LogP contribution < -0.4 is 10.0 Å². The molecule has 1 aromatic heterocycles. The molecule has 29 heavy (non-hydrogen) atoms. The minimum atomic E-state index is -3.33. The maximum absolute atomic E-state index is 12.7. The first-order valence-electron chi connectivity index (χ1n) is 9.71. The molecule has 9 heteroatoms. The standard InChI is InChI=1S/C20H28N4O3S2/c1-14(17-5-4-6-18(11-17)23-29(3,26)27)21-20(25)16-7-9-24(10-8-16)12-19-13-28-15(2)22-19/h4-6,11,13-14,16,23H,7-10,12H2,1-3H3,(H,21,25). The van der Waals surface area contributed by atoms with Crippen LogP contribution in [0.15, 0.2) is 29.6 Å². The molecule has 2 heterocycles. The summed E-state index contributed by atoms with van der Waals surface area (Å²) in [5.74, 6) is 0.0614. The Hall–Kier alpha value is -1.97. The normalized spacial score (nSPS) is 17.1. The van der Waals surface area contributed by atoms with Crippen molar-refractivity contribution in [2.24, 2.45) is 5.92 Å². The number of amides is 1. The summed E-state index contributed by atoms with van der Waals surface area (Å²) in [4.78, 5) is 19.6. The lowest BCUT2D eigenvalue weighted by Crippen LogP contribution is -2.40. The molecule has 2 N–H and O–H groups in total. The summed E-state index contributed by atoms with van der Waals surface area (Å²) in [6, 6.07) is 6.92. The number of carbonyl (C=O) groups is 1. The van der Waals surface area contributed by atoms with Crippen molar-refractivity contribution in [2.45, 2.75) is 39.3 Å². The molecular formula is C20H28N4O3S2. The number of piperidine rings is 1. The van der Waals surface area contributed by atoms with Crippen molar-refractivity contribution in [3.8, 4) is 0 Å². The van der Waals surface area contributed by atoms with E-state index >= 15 is 0 Å². The average molecular weight is 437 g/mol. The van der Waals surface area contributed by atoms with Crippen LogP contribution >= 0.6 is 11.3 Å². The predicted molar refractivity (Wildman–Crippen MR) is 116 cm³/mol. The third-order valence-corrected chi connectivity index (χ3v) is 6.49. The summed E-state index contributed by atoms with van der Waals surface area (Å²) in [6.07, 6.45) is 2.78. The first kappa shape index (κ1) is 21.7. The Labute approximate surface area is 176 Å². The van der Waals surface area contributed by atoms with Gasteiger partial charge < -0.3 is 5.32 Å². The van der Waals surface area contributed by atoms with Gasteiger partial charge >= 0.3 is 0 Å². The summed E-state index contributed by atoms with van der Waals surface area (Å²) in [5, 5.41) is 6.26. The highest BCUT2D eigenvalue weighted by atomic mass is 32.2. The van der Waals surface area contributed by atoms with Crippen LogP contribution in [-0.2, 0) is 21.4 Å². The van der Waals surface area contributed by atoms with E-state index in [-0.39, 0.29) is 17.9 Å². The van der Waals surface area contributed by atoms with Gasteiger partial charge in [-0.2, -0.15) is 0 Å². The molecule has 7 nitrogen and oxygen atoms in total. The molecule has 0 radical (unpaired) electrons. The second-order valence-corrected chi connectivity index (χ2v) is 10.4. The SMILES string of the molecule is Cc1nc(CN2CCC(C(=O)NC(C)c3cccc(NS(C)(=O)=O)c3)CC2)cs1. The second-order valence-electron chi connectivity index (χ2n) is 7.64. The van der Waals surface area contributed by atoms with Gasteiger partial charge in [-0.1, -0.05) is 12.1 Å². The highest BCUT2D eigenvalue weighted by Crippen LogP contribution is 2.23. The third-order valence-electron chi connectivity index (χ3n) is 5.06. The van der Waals surface area contributed by atoms with Gasteiger partial charge in [0.15, 0.2) is 0 Å².